The molecular formula is C2H3BN. The summed E-state index contributed by atoms with van der Waals surface area (Å²) in [5.74, 6) is 0. The second-order valence-corrected chi connectivity index (χ2v) is 0.933. The van der Waals surface area contributed by atoms with E-state index in [1.165, 1.54) is 0 Å². The summed E-state index contributed by atoms with van der Waals surface area (Å²) in [6.07, 6.45) is 0.944. The molecular weight excluding hydrogens is 48.8 g/mol. The first-order chi connectivity index (χ1) is 1.89. The first kappa shape index (κ1) is 2.00. The lowest BCUT2D eigenvalue weighted by Gasteiger charge is -1.36. The first-order valence-electron chi connectivity index (χ1n) is 1.30. The molecule has 1 N–H and O–H groups in total. The smallest absolute Gasteiger partial charge is 0.174 e. The lowest BCUT2D eigenvalue weighted by molar-refractivity contribution is 1.56. The van der Waals surface area contributed by atoms with E-state index in [4.69, 9.17) is 5.41 Å². The van der Waals surface area contributed by atoms with Crippen molar-refractivity contribution in [2.24, 2.45) is 0 Å². The van der Waals surface area contributed by atoms with Crippen molar-refractivity contribution < 1.29 is 0 Å². The molecule has 0 atom stereocenters. The van der Waals surface area contributed by atoms with Crippen LogP contribution >= 0.6 is 0 Å². The Kier molecular flexibility index (Phi) is 0.184. The molecule has 1 heterocycles. The normalized spacial score (nSPS) is 19.5. The molecule has 1 nitrogen and oxygen atoms in total. The Balaban J connectivity index is 2.60. The Hall–Kier alpha value is -0.265. The summed E-state index contributed by atoms with van der Waals surface area (Å²) < 4.78 is 0. The van der Waals surface area contributed by atoms with Gasteiger partial charge < -0.3 is 5.41 Å². The van der Waals surface area contributed by atoms with Crippen molar-refractivity contribution in [1.29, 1.82) is 5.41 Å². The highest BCUT2D eigenvalue weighted by molar-refractivity contribution is 6.94. The number of rotatable bonds is 0. The van der Waals surface area contributed by atoms with E-state index in [9.17, 15) is 0 Å². The minimum absolute atomic E-state index is 0.792. The molecule has 0 aromatic carbocycles. The summed E-state index contributed by atoms with van der Waals surface area (Å²) >= 11 is 0. The van der Waals surface area contributed by atoms with Gasteiger partial charge in [0.2, 0.25) is 0 Å². The van der Waals surface area contributed by atoms with Crippen LogP contribution in [0.15, 0.2) is 0 Å². The minimum atomic E-state index is 0.792. The standard InChI is InChI=1S/C2H3BN/c4-2-1-3-2/h4H,1H2. The van der Waals surface area contributed by atoms with Gasteiger partial charge in [-0.05, 0) is 11.9 Å². The van der Waals surface area contributed by atoms with Gasteiger partial charge in [0.05, 0.1) is 0 Å². The molecule has 0 bridgehead atoms. The molecule has 1 aliphatic heterocycles. The van der Waals surface area contributed by atoms with E-state index < -0.39 is 0 Å². The molecule has 0 saturated carbocycles. The molecule has 1 saturated heterocycles. The zero-order valence-corrected chi connectivity index (χ0v) is 2.28. The zero-order valence-electron chi connectivity index (χ0n) is 2.28. The van der Waals surface area contributed by atoms with E-state index in [1.54, 1.807) is 0 Å². The number of nitrogens with one attached hydrogen (secondary N) is 1. The fourth-order valence-corrected chi connectivity index (χ4v) is 0.0510. The summed E-state index contributed by atoms with van der Waals surface area (Å²) in [6, 6.07) is 0. The molecule has 19 valence electrons. The van der Waals surface area contributed by atoms with E-state index in [2.05, 4.69) is 0 Å². The van der Waals surface area contributed by atoms with Crippen molar-refractivity contribution in [3.8, 4) is 0 Å². The summed E-state index contributed by atoms with van der Waals surface area (Å²) in [4.78, 5) is 0. The van der Waals surface area contributed by atoms with E-state index in [0.29, 0.717) is 0 Å². The van der Waals surface area contributed by atoms with E-state index in [-0.39, 0.29) is 0 Å². The lowest BCUT2D eigenvalue weighted by atomic mass is 10.1. The number of hydrogen-bond donors (Lipinski definition) is 1. The SMILES string of the molecule is N=C1[B]C1. The van der Waals surface area contributed by atoms with Crippen molar-refractivity contribution in [3.05, 3.63) is 0 Å². The van der Waals surface area contributed by atoms with Crippen molar-refractivity contribution in [2.75, 3.05) is 0 Å². The second-order valence-electron chi connectivity index (χ2n) is 0.933. The monoisotopic (exact) mass is 52.0 g/mol. The van der Waals surface area contributed by atoms with Crippen LogP contribution in [0, 0.1) is 5.41 Å². The molecule has 0 aromatic rings. The predicted molar refractivity (Wildman–Crippen MR) is 18.3 cm³/mol. The molecule has 0 aromatic heterocycles. The maximum Gasteiger partial charge on any atom is 0.174 e. The lowest BCUT2D eigenvalue weighted by Crippen LogP contribution is -1.50. The largest absolute Gasteiger partial charge is 0.321 e. The third kappa shape index (κ3) is 0.125. The molecule has 1 rings (SSSR count). The van der Waals surface area contributed by atoms with Crippen LogP contribution < -0.4 is 0 Å². The molecule has 2 heteroatoms. The van der Waals surface area contributed by atoms with Gasteiger partial charge in [-0.15, -0.1) is 0 Å². The summed E-state index contributed by atoms with van der Waals surface area (Å²) in [7, 11) is 1.88. The fourth-order valence-electron chi connectivity index (χ4n) is 0.0510. The minimum Gasteiger partial charge on any atom is -0.321 e. The van der Waals surface area contributed by atoms with Crippen LogP contribution in [0.4, 0.5) is 0 Å². The maximum atomic E-state index is 6.56. The molecule has 1 aliphatic rings. The highest BCUT2D eigenvalue weighted by atomic mass is 14.4. The quantitative estimate of drug-likeness (QED) is 0.378. The maximum absolute atomic E-state index is 6.56. The third-order valence-corrected chi connectivity index (χ3v) is 0.408. The van der Waals surface area contributed by atoms with Crippen LogP contribution in [0.2, 0.25) is 6.32 Å². The van der Waals surface area contributed by atoms with E-state index >= 15 is 0 Å². The highest BCUT2D eigenvalue weighted by Crippen LogP contribution is 1.96. The van der Waals surface area contributed by atoms with Gasteiger partial charge in [0, 0.05) is 0 Å². The van der Waals surface area contributed by atoms with Gasteiger partial charge in [-0.3, -0.25) is 0 Å². The average molecular weight is 51.9 g/mol. The third-order valence-electron chi connectivity index (χ3n) is 0.408. The van der Waals surface area contributed by atoms with Gasteiger partial charge in [0.25, 0.3) is 0 Å². The molecule has 0 unspecified atom stereocenters. The Morgan fingerprint density at radius 1 is 2.00 bits per heavy atom. The number of hydrogen-bond acceptors (Lipinski definition) is 1. The Morgan fingerprint density at radius 3 is 2.25 bits per heavy atom. The van der Waals surface area contributed by atoms with Gasteiger partial charge in [-0.1, -0.05) is 0 Å². The van der Waals surface area contributed by atoms with Gasteiger partial charge in [0.15, 0.2) is 7.28 Å². The Labute approximate surface area is 25.8 Å². The van der Waals surface area contributed by atoms with Crippen LogP contribution in [-0.2, 0) is 0 Å². The van der Waals surface area contributed by atoms with E-state index in [0.717, 1.165) is 11.9 Å². The Bertz CT molecular complexity index is 44.0. The van der Waals surface area contributed by atoms with Crippen LogP contribution in [0.5, 0.6) is 0 Å². The first-order valence-corrected chi connectivity index (χ1v) is 1.30. The molecule has 1 radical (unpaired) electrons. The second kappa shape index (κ2) is 0.367. The van der Waals surface area contributed by atoms with Crippen molar-refractivity contribution in [1.82, 2.24) is 0 Å². The summed E-state index contributed by atoms with van der Waals surface area (Å²) in [6.45, 7) is 0. The molecule has 0 aliphatic carbocycles. The summed E-state index contributed by atoms with van der Waals surface area (Å²) in [5.41, 5.74) is 0.792. The van der Waals surface area contributed by atoms with Crippen LogP contribution in [0.3, 0.4) is 0 Å². The van der Waals surface area contributed by atoms with Gasteiger partial charge in [-0.2, -0.15) is 0 Å². The van der Waals surface area contributed by atoms with Crippen molar-refractivity contribution >= 4 is 12.9 Å². The molecule has 0 amide bonds. The van der Waals surface area contributed by atoms with Crippen molar-refractivity contribution in [3.63, 3.8) is 0 Å². The topological polar surface area (TPSA) is 23.9 Å². The highest BCUT2D eigenvalue weighted by Gasteiger charge is 2.10. The van der Waals surface area contributed by atoms with Crippen LogP contribution in [0.1, 0.15) is 0 Å². The van der Waals surface area contributed by atoms with Crippen LogP contribution in [-0.4, -0.2) is 12.9 Å². The summed E-state index contributed by atoms with van der Waals surface area (Å²) in [5, 5.41) is 6.56. The fraction of sp³-hybridized carbons (Fsp3) is 0.500. The Morgan fingerprint density at radius 2 is 2.25 bits per heavy atom. The van der Waals surface area contributed by atoms with Crippen molar-refractivity contribution in [2.45, 2.75) is 6.32 Å². The predicted octanol–water partition coefficient (Wildman–Crippen LogP) is 0.0998. The molecule has 0 spiro atoms. The zero-order chi connectivity index (χ0) is 2.99. The molecule has 1 fully saturated rings. The van der Waals surface area contributed by atoms with Gasteiger partial charge in [-0.25, -0.2) is 0 Å². The average Bonchev–Trinajstić information content (AvgIpc) is 1.75. The van der Waals surface area contributed by atoms with Crippen LogP contribution in [0.25, 0.3) is 0 Å². The molecule has 4 heavy (non-hydrogen) atoms. The van der Waals surface area contributed by atoms with Gasteiger partial charge >= 0.3 is 0 Å². The van der Waals surface area contributed by atoms with Gasteiger partial charge in [0.1, 0.15) is 0 Å². The van der Waals surface area contributed by atoms with E-state index in [1.807, 2.05) is 7.28 Å².